The van der Waals surface area contributed by atoms with Gasteiger partial charge in [0, 0.05) is 12.8 Å². The third kappa shape index (κ3) is 29.5. The molecule has 6 unspecified atom stereocenters. The van der Waals surface area contributed by atoms with E-state index >= 15 is 0 Å². The molecule has 0 aromatic heterocycles. The fourth-order valence-corrected chi connectivity index (χ4v) is 7.60. The summed E-state index contributed by atoms with van der Waals surface area (Å²) in [6.45, 7) is 3.14. The Morgan fingerprint density at radius 2 is 0.934 bits per heavy atom. The van der Waals surface area contributed by atoms with Gasteiger partial charge in [0.2, 0.25) is 0 Å². The number of hydrogen-bond donors (Lipinski definition) is 6. The molecule has 0 radical (unpaired) electrons. The van der Waals surface area contributed by atoms with Crippen LogP contribution in [0.5, 0.6) is 0 Å². The molecule has 0 aromatic carbocycles. The Kier molecular flexibility index (Phi) is 34.3. The molecule has 61 heavy (non-hydrogen) atoms. The summed E-state index contributed by atoms with van der Waals surface area (Å²) < 4.78 is 33.5. The van der Waals surface area contributed by atoms with Gasteiger partial charge in [-0.2, -0.15) is 0 Å². The fraction of sp³-hybridized carbons (Fsp3) is 0.745. The van der Waals surface area contributed by atoms with Crippen LogP contribution in [0.15, 0.2) is 60.8 Å². The van der Waals surface area contributed by atoms with E-state index in [1.807, 2.05) is 0 Å². The molecule has 0 bridgehead atoms. The zero-order valence-electron chi connectivity index (χ0n) is 37.2. The highest BCUT2D eigenvalue weighted by Gasteiger charge is 2.51. The van der Waals surface area contributed by atoms with Crippen molar-refractivity contribution in [3.63, 3.8) is 0 Å². The maximum absolute atomic E-state index is 12.8. The number of rotatable bonds is 37. The predicted molar refractivity (Wildman–Crippen MR) is 239 cm³/mol. The molecule has 14 heteroatoms. The molecule has 1 saturated carbocycles. The van der Waals surface area contributed by atoms with Crippen LogP contribution in [-0.2, 0) is 32.7 Å². The van der Waals surface area contributed by atoms with Crippen molar-refractivity contribution < 1.29 is 63.1 Å². The van der Waals surface area contributed by atoms with Crippen LogP contribution in [0.4, 0.5) is 0 Å². The van der Waals surface area contributed by atoms with Gasteiger partial charge in [-0.15, -0.1) is 0 Å². The summed E-state index contributed by atoms with van der Waals surface area (Å²) in [6, 6.07) is 0. The number of esters is 2. The third-order valence-electron chi connectivity index (χ3n) is 10.3. The molecular weight excluding hydrogens is 803 g/mol. The second kappa shape index (κ2) is 37.0. The molecule has 13 nitrogen and oxygen atoms in total. The SMILES string of the molecule is CCC=CCC=CCC=CCC=CCCCCCCC(=O)OC[C@H](COP(=O)(O)OC1C(O)C(O)C(O)[C@@H](O)C1O)OC(=O)CCCCCCCCCC=CCCCCCC. The summed E-state index contributed by atoms with van der Waals surface area (Å²) in [5.41, 5.74) is 0. The molecule has 0 heterocycles. The summed E-state index contributed by atoms with van der Waals surface area (Å²) in [6.07, 6.45) is 31.3. The van der Waals surface area contributed by atoms with Crippen LogP contribution in [0.2, 0.25) is 0 Å². The lowest BCUT2D eigenvalue weighted by atomic mass is 9.85. The first-order valence-corrected chi connectivity index (χ1v) is 24.6. The number of carbonyl (C=O) groups is 2. The Labute approximate surface area is 366 Å². The van der Waals surface area contributed by atoms with E-state index in [4.69, 9.17) is 18.5 Å². The number of phosphoric ester groups is 1. The monoisotopic (exact) mass is 885 g/mol. The summed E-state index contributed by atoms with van der Waals surface area (Å²) in [4.78, 5) is 35.7. The topological polar surface area (TPSA) is 210 Å². The lowest BCUT2D eigenvalue weighted by Gasteiger charge is -2.41. The average Bonchev–Trinajstić information content (AvgIpc) is 3.24. The summed E-state index contributed by atoms with van der Waals surface area (Å²) in [5.74, 6) is -1.14. The van der Waals surface area contributed by atoms with Crippen molar-refractivity contribution in [3.05, 3.63) is 60.8 Å². The van der Waals surface area contributed by atoms with Gasteiger partial charge in [-0.3, -0.25) is 18.6 Å². The predicted octanol–water partition coefficient (Wildman–Crippen LogP) is 8.94. The molecule has 0 spiro atoms. The number of phosphoric acid groups is 1. The molecule has 1 aliphatic rings. The van der Waals surface area contributed by atoms with Crippen LogP contribution >= 0.6 is 7.82 Å². The van der Waals surface area contributed by atoms with Gasteiger partial charge in [-0.05, 0) is 77.0 Å². The summed E-state index contributed by atoms with van der Waals surface area (Å²) >= 11 is 0. The van der Waals surface area contributed by atoms with E-state index in [1.54, 1.807) is 0 Å². The lowest BCUT2D eigenvalue weighted by molar-refractivity contribution is -0.220. The molecule has 0 amide bonds. The minimum atomic E-state index is -5.13. The van der Waals surface area contributed by atoms with Gasteiger partial charge in [0.1, 0.15) is 43.2 Å². The Bertz CT molecular complexity index is 1300. The van der Waals surface area contributed by atoms with Crippen LogP contribution in [0.25, 0.3) is 0 Å². The number of ether oxygens (including phenoxy) is 2. The van der Waals surface area contributed by atoms with Gasteiger partial charge in [0.15, 0.2) is 6.10 Å². The zero-order valence-corrected chi connectivity index (χ0v) is 38.1. The first-order chi connectivity index (χ1) is 29.4. The van der Waals surface area contributed by atoms with Crippen molar-refractivity contribution in [1.29, 1.82) is 0 Å². The zero-order chi connectivity index (χ0) is 45.0. The van der Waals surface area contributed by atoms with Crippen molar-refractivity contribution in [2.45, 2.75) is 211 Å². The van der Waals surface area contributed by atoms with E-state index in [0.29, 0.717) is 12.8 Å². The maximum atomic E-state index is 12.8. The van der Waals surface area contributed by atoms with Crippen LogP contribution < -0.4 is 0 Å². The first kappa shape index (κ1) is 56.6. The van der Waals surface area contributed by atoms with E-state index < -0.39 is 75.7 Å². The molecule has 0 aromatic rings. The average molecular weight is 885 g/mol. The molecule has 8 atom stereocenters. The molecular formula is C47H81O13P. The highest BCUT2D eigenvalue weighted by molar-refractivity contribution is 7.47. The van der Waals surface area contributed by atoms with Crippen molar-refractivity contribution in [2.24, 2.45) is 0 Å². The summed E-state index contributed by atoms with van der Waals surface area (Å²) in [5, 5.41) is 50.1. The van der Waals surface area contributed by atoms with Gasteiger partial charge < -0.3 is 39.9 Å². The second-order valence-electron chi connectivity index (χ2n) is 15.9. The molecule has 1 fully saturated rings. The molecule has 6 N–H and O–H groups in total. The Morgan fingerprint density at radius 3 is 1.44 bits per heavy atom. The number of aliphatic hydroxyl groups excluding tert-OH is 5. The molecule has 0 saturated heterocycles. The maximum Gasteiger partial charge on any atom is 0.472 e. The number of aliphatic hydroxyl groups is 5. The molecule has 1 rings (SSSR count). The van der Waals surface area contributed by atoms with Crippen LogP contribution in [-0.4, -0.2) is 98.3 Å². The van der Waals surface area contributed by atoms with E-state index in [9.17, 15) is 44.6 Å². The van der Waals surface area contributed by atoms with Crippen LogP contribution in [0.3, 0.4) is 0 Å². The standard InChI is InChI=1S/C47H81O13P/c1-3-5-7-9-11-13-15-17-19-20-22-23-25-27-29-31-33-35-40(48)57-37-39(38-58-61(55,56)60-47-45(53)43(51)42(50)44(52)46(47)54)59-41(49)36-34-32-30-28-26-24-21-18-16-14-12-10-8-6-4-2/h5,7,11,13-14,16-17,19,22-23,39,42-47,50-54H,3-4,6,8-10,12,15,18,20-21,24-38H2,1-2H3,(H,55,56)/t39-,42?,43-,44?,45?,46?,47?/m1/s1. The van der Waals surface area contributed by atoms with E-state index in [2.05, 4.69) is 74.6 Å². The Balaban J connectivity index is 2.48. The van der Waals surface area contributed by atoms with Gasteiger partial charge in [-0.25, -0.2) is 4.57 Å². The van der Waals surface area contributed by atoms with Crippen LogP contribution in [0.1, 0.15) is 168 Å². The smallest absolute Gasteiger partial charge is 0.462 e. The van der Waals surface area contributed by atoms with E-state index in [0.717, 1.165) is 96.3 Å². The highest BCUT2D eigenvalue weighted by atomic mass is 31.2. The first-order valence-electron chi connectivity index (χ1n) is 23.1. The number of hydrogen-bond acceptors (Lipinski definition) is 12. The van der Waals surface area contributed by atoms with Gasteiger partial charge in [0.05, 0.1) is 6.61 Å². The van der Waals surface area contributed by atoms with Crippen LogP contribution in [0, 0.1) is 0 Å². The van der Waals surface area contributed by atoms with Gasteiger partial charge in [-0.1, -0.05) is 139 Å². The lowest BCUT2D eigenvalue weighted by Crippen LogP contribution is -2.64. The second-order valence-corrected chi connectivity index (χ2v) is 17.3. The van der Waals surface area contributed by atoms with Crippen molar-refractivity contribution in [2.75, 3.05) is 13.2 Å². The van der Waals surface area contributed by atoms with Gasteiger partial charge in [0.25, 0.3) is 0 Å². The van der Waals surface area contributed by atoms with Crippen molar-refractivity contribution in [3.8, 4) is 0 Å². The minimum Gasteiger partial charge on any atom is -0.462 e. The minimum absolute atomic E-state index is 0.0836. The quantitative estimate of drug-likeness (QED) is 0.0149. The highest BCUT2D eigenvalue weighted by Crippen LogP contribution is 2.47. The van der Waals surface area contributed by atoms with E-state index in [-0.39, 0.29) is 12.8 Å². The third-order valence-corrected chi connectivity index (χ3v) is 11.3. The molecule has 1 aliphatic carbocycles. The van der Waals surface area contributed by atoms with Gasteiger partial charge >= 0.3 is 19.8 Å². The molecule has 352 valence electrons. The Morgan fingerprint density at radius 1 is 0.525 bits per heavy atom. The number of carbonyl (C=O) groups excluding carboxylic acids is 2. The number of allylic oxidation sites excluding steroid dienone is 10. The van der Waals surface area contributed by atoms with E-state index in [1.165, 1.54) is 32.1 Å². The molecule has 0 aliphatic heterocycles. The number of unbranched alkanes of at least 4 members (excludes halogenated alkanes) is 15. The Hall–Kier alpha value is -2.45. The fourth-order valence-electron chi connectivity index (χ4n) is 6.62. The normalized spacial score (nSPS) is 22.6. The van der Waals surface area contributed by atoms with Crippen molar-refractivity contribution >= 4 is 19.8 Å². The van der Waals surface area contributed by atoms with Crippen molar-refractivity contribution in [1.82, 2.24) is 0 Å². The largest absolute Gasteiger partial charge is 0.472 e. The summed E-state index contributed by atoms with van der Waals surface area (Å²) in [7, 11) is -5.13.